The highest BCUT2D eigenvalue weighted by Crippen LogP contribution is 2.43. The largest absolute Gasteiger partial charge is 0.490 e. The molecule has 32 heavy (non-hydrogen) atoms. The van der Waals surface area contributed by atoms with Crippen molar-refractivity contribution in [3.8, 4) is 5.75 Å². The molecule has 1 heterocycles. The highest BCUT2D eigenvalue weighted by Gasteiger charge is 2.34. The summed E-state index contributed by atoms with van der Waals surface area (Å²) in [7, 11) is 0. The van der Waals surface area contributed by atoms with Crippen molar-refractivity contribution in [2.75, 3.05) is 13.1 Å². The van der Waals surface area contributed by atoms with Crippen molar-refractivity contribution in [1.29, 1.82) is 0 Å². The van der Waals surface area contributed by atoms with E-state index in [0.717, 1.165) is 30.0 Å². The number of likely N-dealkylation sites (tertiary alicyclic amines) is 1. The third-order valence-corrected chi connectivity index (χ3v) is 6.32. The number of hydrogen-bond acceptors (Lipinski definition) is 3. The van der Waals surface area contributed by atoms with E-state index in [0.29, 0.717) is 38.4 Å². The van der Waals surface area contributed by atoms with Gasteiger partial charge in [0.15, 0.2) is 0 Å². The van der Waals surface area contributed by atoms with E-state index in [4.69, 9.17) is 22.1 Å². The lowest BCUT2D eigenvalue weighted by atomic mass is 9.97. The molecule has 2 N–H and O–H groups in total. The molecular weight excluding hydrogens is 448 g/mol. The second-order valence-corrected chi connectivity index (χ2v) is 8.81. The van der Waals surface area contributed by atoms with Gasteiger partial charge in [-0.15, -0.1) is 0 Å². The van der Waals surface area contributed by atoms with Gasteiger partial charge in [0.2, 0.25) is 0 Å². The van der Waals surface area contributed by atoms with Crippen LogP contribution in [0, 0.1) is 5.82 Å². The van der Waals surface area contributed by atoms with Gasteiger partial charge in [0.25, 0.3) is 5.91 Å². The zero-order valence-corrected chi connectivity index (χ0v) is 18.0. The number of amides is 1. The van der Waals surface area contributed by atoms with Crippen LogP contribution in [-0.4, -0.2) is 30.0 Å². The first-order valence-electron chi connectivity index (χ1n) is 10.5. The van der Waals surface area contributed by atoms with E-state index in [2.05, 4.69) is 4.90 Å². The second-order valence-electron chi connectivity index (χ2n) is 8.40. The van der Waals surface area contributed by atoms with E-state index in [1.54, 1.807) is 6.07 Å². The van der Waals surface area contributed by atoms with E-state index < -0.39 is 23.5 Å². The Balaban J connectivity index is 1.39. The van der Waals surface area contributed by atoms with Crippen LogP contribution < -0.4 is 10.5 Å². The predicted octanol–water partition coefficient (Wildman–Crippen LogP) is 5.52. The second kappa shape index (κ2) is 8.90. The molecule has 2 fully saturated rings. The Morgan fingerprint density at radius 3 is 2.41 bits per heavy atom. The number of benzene rings is 2. The van der Waals surface area contributed by atoms with Gasteiger partial charge in [-0.05, 0) is 73.1 Å². The predicted molar refractivity (Wildman–Crippen MR) is 112 cm³/mol. The van der Waals surface area contributed by atoms with Gasteiger partial charge in [-0.2, -0.15) is 13.2 Å². The maximum Gasteiger partial charge on any atom is 0.417 e. The van der Waals surface area contributed by atoms with Crippen LogP contribution in [0.25, 0.3) is 0 Å². The molecule has 2 aromatic rings. The van der Waals surface area contributed by atoms with Gasteiger partial charge in [0.1, 0.15) is 17.7 Å². The molecule has 0 bridgehead atoms. The highest BCUT2D eigenvalue weighted by atomic mass is 35.5. The lowest BCUT2D eigenvalue weighted by Gasteiger charge is -2.32. The standard InChI is InChI=1S/C23H23ClF4N2O2/c24-20-4-3-16(10-19(20)23(26,27)28)32-15-5-7-30(8-6-15)12-14-9-21(25)18(22(29)31)11-17(14)13-1-2-13/h3-4,9-11,13,15H,1-2,5-8,12H2,(H2,29,31). The third kappa shape index (κ3) is 5.18. The van der Waals surface area contributed by atoms with Crippen LogP contribution in [0.5, 0.6) is 5.75 Å². The molecule has 0 radical (unpaired) electrons. The minimum atomic E-state index is -4.54. The molecule has 172 valence electrons. The lowest BCUT2D eigenvalue weighted by Crippen LogP contribution is -2.38. The number of ether oxygens (including phenoxy) is 1. The van der Waals surface area contributed by atoms with E-state index in [9.17, 15) is 22.4 Å². The Labute approximate surface area is 188 Å². The van der Waals surface area contributed by atoms with Crippen molar-refractivity contribution in [1.82, 2.24) is 4.90 Å². The fourth-order valence-electron chi connectivity index (χ4n) is 4.14. The van der Waals surface area contributed by atoms with E-state index >= 15 is 0 Å². The molecule has 1 amide bonds. The maximum atomic E-state index is 14.3. The number of carbonyl (C=O) groups is 1. The van der Waals surface area contributed by atoms with Crippen molar-refractivity contribution >= 4 is 17.5 Å². The van der Waals surface area contributed by atoms with Crippen LogP contribution in [0.2, 0.25) is 5.02 Å². The number of rotatable bonds is 6. The number of hydrogen-bond donors (Lipinski definition) is 1. The Morgan fingerprint density at radius 1 is 1.12 bits per heavy atom. The average molecular weight is 471 g/mol. The quantitative estimate of drug-likeness (QED) is 0.566. The molecule has 4 nitrogen and oxygen atoms in total. The molecule has 1 saturated carbocycles. The summed E-state index contributed by atoms with van der Waals surface area (Å²) < 4.78 is 59.3. The molecule has 4 rings (SSSR count). The van der Waals surface area contributed by atoms with Gasteiger partial charge in [-0.25, -0.2) is 4.39 Å². The topological polar surface area (TPSA) is 55.6 Å². The summed E-state index contributed by atoms with van der Waals surface area (Å²) in [5, 5.41) is -0.360. The Kier molecular flexibility index (Phi) is 6.36. The van der Waals surface area contributed by atoms with Crippen LogP contribution in [0.4, 0.5) is 17.6 Å². The van der Waals surface area contributed by atoms with Gasteiger partial charge in [-0.3, -0.25) is 9.69 Å². The van der Waals surface area contributed by atoms with Crippen molar-refractivity contribution < 1.29 is 27.1 Å². The fraction of sp³-hybridized carbons (Fsp3) is 0.435. The van der Waals surface area contributed by atoms with Crippen molar-refractivity contribution in [3.63, 3.8) is 0 Å². The summed E-state index contributed by atoms with van der Waals surface area (Å²) in [5.74, 6) is -0.916. The first-order valence-corrected chi connectivity index (χ1v) is 10.9. The van der Waals surface area contributed by atoms with Gasteiger partial charge >= 0.3 is 6.18 Å². The number of piperidine rings is 1. The minimum Gasteiger partial charge on any atom is -0.490 e. The molecule has 1 aliphatic carbocycles. The van der Waals surface area contributed by atoms with Crippen molar-refractivity contribution in [2.45, 2.75) is 50.4 Å². The Hall–Kier alpha value is -2.32. The van der Waals surface area contributed by atoms with E-state index in [-0.39, 0.29) is 22.4 Å². The molecule has 0 spiro atoms. The zero-order valence-electron chi connectivity index (χ0n) is 17.2. The van der Waals surface area contributed by atoms with E-state index in [1.807, 2.05) is 0 Å². The Morgan fingerprint density at radius 2 is 1.81 bits per heavy atom. The van der Waals surface area contributed by atoms with Crippen molar-refractivity contribution in [2.24, 2.45) is 5.73 Å². The van der Waals surface area contributed by atoms with Gasteiger partial charge in [-0.1, -0.05) is 11.6 Å². The number of nitrogens with zero attached hydrogens (tertiary/aromatic N) is 1. The third-order valence-electron chi connectivity index (χ3n) is 5.99. The summed E-state index contributed by atoms with van der Waals surface area (Å²) in [6.07, 6.45) is -1.49. The van der Waals surface area contributed by atoms with Crippen LogP contribution >= 0.6 is 11.6 Å². The first-order chi connectivity index (χ1) is 15.1. The van der Waals surface area contributed by atoms with Crippen molar-refractivity contribution in [3.05, 3.63) is 63.4 Å². The highest BCUT2D eigenvalue weighted by molar-refractivity contribution is 6.31. The normalized spacial score (nSPS) is 18.0. The maximum absolute atomic E-state index is 14.3. The molecule has 2 aromatic carbocycles. The molecule has 2 aliphatic rings. The molecule has 9 heteroatoms. The van der Waals surface area contributed by atoms with Crippen LogP contribution in [-0.2, 0) is 12.7 Å². The molecule has 0 aromatic heterocycles. The zero-order chi connectivity index (χ0) is 23.0. The molecule has 0 atom stereocenters. The number of alkyl halides is 3. The smallest absolute Gasteiger partial charge is 0.417 e. The van der Waals surface area contributed by atoms with Gasteiger partial charge in [0, 0.05) is 19.6 Å². The summed E-state index contributed by atoms with van der Waals surface area (Å²) in [6, 6.07) is 6.55. The molecule has 0 unspecified atom stereocenters. The summed E-state index contributed by atoms with van der Waals surface area (Å²) in [4.78, 5) is 13.6. The number of carbonyl (C=O) groups excluding carboxylic acids is 1. The number of primary amides is 1. The summed E-state index contributed by atoms with van der Waals surface area (Å²) in [5.41, 5.74) is 6.11. The summed E-state index contributed by atoms with van der Waals surface area (Å²) >= 11 is 5.66. The monoisotopic (exact) mass is 470 g/mol. The molecule has 1 aliphatic heterocycles. The first kappa shape index (κ1) is 22.9. The Bertz CT molecular complexity index is 1020. The van der Waals surface area contributed by atoms with Crippen LogP contribution in [0.15, 0.2) is 30.3 Å². The molecular formula is C23H23ClF4N2O2. The van der Waals surface area contributed by atoms with Gasteiger partial charge < -0.3 is 10.5 Å². The number of halogens is 5. The van der Waals surface area contributed by atoms with E-state index in [1.165, 1.54) is 18.2 Å². The fourth-order valence-corrected chi connectivity index (χ4v) is 4.37. The average Bonchev–Trinajstić information content (AvgIpc) is 3.55. The number of nitrogens with two attached hydrogens (primary N) is 1. The minimum absolute atomic E-state index is 0.0797. The van der Waals surface area contributed by atoms with Gasteiger partial charge in [0.05, 0.1) is 16.1 Å². The van der Waals surface area contributed by atoms with Crippen LogP contribution in [0.1, 0.15) is 58.6 Å². The van der Waals surface area contributed by atoms with Crippen LogP contribution in [0.3, 0.4) is 0 Å². The lowest BCUT2D eigenvalue weighted by molar-refractivity contribution is -0.137. The summed E-state index contributed by atoms with van der Waals surface area (Å²) in [6.45, 7) is 1.86. The SMILES string of the molecule is NC(=O)c1cc(C2CC2)c(CN2CCC(Oc3ccc(Cl)c(C(F)(F)F)c3)CC2)cc1F. The molecule has 1 saturated heterocycles.